The second kappa shape index (κ2) is 6.12. The molecule has 2 heterocycles. The Morgan fingerprint density at radius 2 is 2.14 bits per heavy atom. The summed E-state index contributed by atoms with van der Waals surface area (Å²) in [5.41, 5.74) is 2.66. The van der Waals surface area contributed by atoms with E-state index in [9.17, 15) is 0 Å². The predicted molar refractivity (Wildman–Crippen MR) is 87.2 cm³/mol. The molecule has 0 saturated heterocycles. The molecule has 1 atom stereocenters. The summed E-state index contributed by atoms with van der Waals surface area (Å²) in [6.45, 7) is 5.35. The molecule has 4 heteroatoms. The van der Waals surface area contributed by atoms with Crippen molar-refractivity contribution in [1.82, 2.24) is 9.97 Å². The fourth-order valence-electron chi connectivity index (χ4n) is 2.86. The lowest BCUT2D eigenvalue weighted by atomic mass is 10.1. The SMILES string of the molecule is CCCCNc1nccc(N2c3ccccc3CC2C)n1. The lowest BCUT2D eigenvalue weighted by Gasteiger charge is -2.24. The van der Waals surface area contributed by atoms with E-state index in [4.69, 9.17) is 0 Å². The molecule has 0 saturated carbocycles. The highest BCUT2D eigenvalue weighted by Crippen LogP contribution is 2.37. The normalized spacial score (nSPS) is 16.9. The number of nitrogens with zero attached hydrogens (tertiary/aromatic N) is 3. The number of unbranched alkanes of at least 4 members (excludes halogenated alkanes) is 1. The Kier molecular flexibility index (Phi) is 4.04. The van der Waals surface area contributed by atoms with E-state index in [0.717, 1.165) is 31.2 Å². The van der Waals surface area contributed by atoms with E-state index < -0.39 is 0 Å². The van der Waals surface area contributed by atoms with Gasteiger partial charge >= 0.3 is 0 Å². The molecule has 1 aliphatic rings. The van der Waals surface area contributed by atoms with Gasteiger partial charge in [-0.3, -0.25) is 0 Å². The lowest BCUT2D eigenvalue weighted by Crippen LogP contribution is -2.25. The average Bonchev–Trinajstić information content (AvgIpc) is 2.83. The Labute approximate surface area is 126 Å². The molecule has 1 aromatic carbocycles. The molecule has 1 aliphatic heterocycles. The molecule has 1 aromatic heterocycles. The molecule has 0 radical (unpaired) electrons. The second-order valence-corrected chi connectivity index (χ2v) is 5.57. The minimum Gasteiger partial charge on any atom is -0.354 e. The molecule has 21 heavy (non-hydrogen) atoms. The van der Waals surface area contributed by atoms with Crippen LogP contribution in [0.25, 0.3) is 0 Å². The Hall–Kier alpha value is -2.10. The van der Waals surface area contributed by atoms with E-state index in [2.05, 4.69) is 58.3 Å². The summed E-state index contributed by atoms with van der Waals surface area (Å²) < 4.78 is 0. The molecular weight excluding hydrogens is 260 g/mol. The number of hydrogen-bond donors (Lipinski definition) is 1. The van der Waals surface area contributed by atoms with Gasteiger partial charge in [0.05, 0.1) is 0 Å². The van der Waals surface area contributed by atoms with Crippen molar-refractivity contribution in [2.24, 2.45) is 0 Å². The number of benzene rings is 1. The number of para-hydroxylation sites is 1. The standard InChI is InChI=1S/C17H22N4/c1-3-4-10-18-17-19-11-9-16(20-17)21-13(2)12-14-7-5-6-8-15(14)21/h5-9,11,13H,3-4,10,12H2,1-2H3,(H,18,19,20). The van der Waals surface area contributed by atoms with Crippen molar-refractivity contribution in [1.29, 1.82) is 0 Å². The van der Waals surface area contributed by atoms with Gasteiger partial charge in [0.2, 0.25) is 5.95 Å². The van der Waals surface area contributed by atoms with Gasteiger partial charge in [-0.05, 0) is 37.5 Å². The van der Waals surface area contributed by atoms with Gasteiger partial charge in [0, 0.05) is 24.5 Å². The Morgan fingerprint density at radius 3 is 3.00 bits per heavy atom. The van der Waals surface area contributed by atoms with Crippen molar-refractivity contribution in [3.63, 3.8) is 0 Å². The quantitative estimate of drug-likeness (QED) is 0.848. The highest BCUT2D eigenvalue weighted by molar-refractivity contribution is 5.69. The summed E-state index contributed by atoms with van der Waals surface area (Å²) >= 11 is 0. The summed E-state index contributed by atoms with van der Waals surface area (Å²) in [6.07, 6.45) is 5.21. The van der Waals surface area contributed by atoms with E-state index in [-0.39, 0.29) is 0 Å². The van der Waals surface area contributed by atoms with Crippen LogP contribution in [0.2, 0.25) is 0 Å². The lowest BCUT2D eigenvalue weighted by molar-refractivity contribution is 0.748. The van der Waals surface area contributed by atoms with E-state index in [1.54, 1.807) is 0 Å². The number of nitrogens with one attached hydrogen (secondary N) is 1. The maximum Gasteiger partial charge on any atom is 0.224 e. The van der Waals surface area contributed by atoms with Gasteiger partial charge in [-0.2, -0.15) is 4.98 Å². The summed E-state index contributed by atoms with van der Waals surface area (Å²) in [7, 11) is 0. The molecule has 0 fully saturated rings. The van der Waals surface area contributed by atoms with Gasteiger partial charge in [0.15, 0.2) is 0 Å². The van der Waals surface area contributed by atoms with Crippen molar-refractivity contribution >= 4 is 17.5 Å². The van der Waals surface area contributed by atoms with Gasteiger partial charge in [-0.15, -0.1) is 0 Å². The Bertz CT molecular complexity index is 611. The second-order valence-electron chi connectivity index (χ2n) is 5.57. The van der Waals surface area contributed by atoms with Crippen molar-refractivity contribution in [3.05, 3.63) is 42.1 Å². The van der Waals surface area contributed by atoms with E-state index in [0.29, 0.717) is 6.04 Å². The van der Waals surface area contributed by atoms with Gasteiger partial charge < -0.3 is 10.2 Å². The summed E-state index contributed by atoms with van der Waals surface area (Å²) in [5.74, 6) is 1.69. The highest BCUT2D eigenvalue weighted by Gasteiger charge is 2.27. The molecule has 0 amide bonds. The molecule has 4 nitrogen and oxygen atoms in total. The van der Waals surface area contributed by atoms with Crippen molar-refractivity contribution in [2.75, 3.05) is 16.8 Å². The van der Waals surface area contributed by atoms with Crippen LogP contribution in [0.1, 0.15) is 32.3 Å². The monoisotopic (exact) mass is 282 g/mol. The maximum absolute atomic E-state index is 4.68. The average molecular weight is 282 g/mol. The third-order valence-electron chi connectivity index (χ3n) is 3.91. The van der Waals surface area contributed by atoms with Crippen LogP contribution in [0.5, 0.6) is 0 Å². The zero-order chi connectivity index (χ0) is 14.7. The largest absolute Gasteiger partial charge is 0.354 e. The van der Waals surface area contributed by atoms with Crippen molar-refractivity contribution in [3.8, 4) is 0 Å². The third-order valence-corrected chi connectivity index (χ3v) is 3.91. The minimum atomic E-state index is 0.431. The first-order valence-corrected chi connectivity index (χ1v) is 7.73. The first-order chi connectivity index (χ1) is 10.3. The van der Waals surface area contributed by atoms with E-state index >= 15 is 0 Å². The summed E-state index contributed by atoms with van der Waals surface area (Å²) in [5, 5.41) is 3.30. The molecular formula is C17H22N4. The van der Waals surface area contributed by atoms with Gasteiger partial charge in [-0.1, -0.05) is 31.5 Å². The Balaban J connectivity index is 1.85. The van der Waals surface area contributed by atoms with Crippen molar-refractivity contribution < 1.29 is 0 Å². The number of anilines is 3. The van der Waals surface area contributed by atoms with Crippen LogP contribution in [0.3, 0.4) is 0 Å². The fraction of sp³-hybridized carbons (Fsp3) is 0.412. The summed E-state index contributed by atoms with van der Waals surface area (Å²) in [6, 6.07) is 11.0. The first kappa shape index (κ1) is 13.9. The number of hydrogen-bond acceptors (Lipinski definition) is 4. The molecule has 0 spiro atoms. The fourth-order valence-corrected chi connectivity index (χ4v) is 2.86. The molecule has 2 aromatic rings. The maximum atomic E-state index is 4.68. The number of rotatable bonds is 5. The molecule has 0 bridgehead atoms. The smallest absolute Gasteiger partial charge is 0.224 e. The molecule has 110 valence electrons. The zero-order valence-electron chi connectivity index (χ0n) is 12.7. The van der Waals surface area contributed by atoms with Crippen LogP contribution in [-0.4, -0.2) is 22.6 Å². The zero-order valence-corrected chi connectivity index (χ0v) is 12.7. The predicted octanol–water partition coefficient (Wildman–Crippen LogP) is 3.77. The third kappa shape index (κ3) is 2.84. The molecule has 1 N–H and O–H groups in total. The topological polar surface area (TPSA) is 41.1 Å². The number of aromatic nitrogens is 2. The molecule has 1 unspecified atom stereocenters. The van der Waals surface area contributed by atoms with Crippen LogP contribution < -0.4 is 10.2 Å². The van der Waals surface area contributed by atoms with Crippen LogP contribution in [-0.2, 0) is 6.42 Å². The summed E-state index contributed by atoms with van der Waals surface area (Å²) in [4.78, 5) is 11.3. The minimum absolute atomic E-state index is 0.431. The van der Waals surface area contributed by atoms with Gasteiger partial charge in [0.25, 0.3) is 0 Å². The van der Waals surface area contributed by atoms with Crippen molar-refractivity contribution in [2.45, 2.75) is 39.2 Å². The highest BCUT2D eigenvalue weighted by atomic mass is 15.3. The van der Waals surface area contributed by atoms with Crippen LogP contribution >= 0.6 is 0 Å². The van der Waals surface area contributed by atoms with Crippen LogP contribution in [0.4, 0.5) is 17.5 Å². The first-order valence-electron chi connectivity index (χ1n) is 7.73. The van der Waals surface area contributed by atoms with Crippen LogP contribution in [0.15, 0.2) is 36.5 Å². The van der Waals surface area contributed by atoms with Gasteiger partial charge in [0.1, 0.15) is 5.82 Å². The van der Waals surface area contributed by atoms with E-state index in [1.807, 2.05) is 12.3 Å². The molecule has 0 aliphatic carbocycles. The van der Waals surface area contributed by atoms with Gasteiger partial charge in [-0.25, -0.2) is 4.98 Å². The molecule has 3 rings (SSSR count). The van der Waals surface area contributed by atoms with Crippen LogP contribution in [0, 0.1) is 0 Å². The van der Waals surface area contributed by atoms with E-state index in [1.165, 1.54) is 17.7 Å². The Morgan fingerprint density at radius 1 is 1.29 bits per heavy atom. The number of fused-ring (bicyclic) bond motifs is 1.